The number of likely N-dealkylation sites (N-methyl/N-ethyl adjacent to an activating group) is 1. The molecule has 0 spiro atoms. The standard InChI is InChI=1S/C12H13F4N3O3/c1-3-22-12(21)5(4-6(17)20)19(2)9-7(13)10(15)18-11(16)8(9)14/h5H,3-4H2,1-2H3,(H2,17,20). The number of carbonyl (C=O) groups excluding carboxylic acids is 2. The van der Waals surface area contributed by atoms with Gasteiger partial charge in [-0.3, -0.25) is 4.79 Å². The third kappa shape index (κ3) is 3.62. The molecule has 6 nitrogen and oxygen atoms in total. The Morgan fingerprint density at radius 2 is 1.73 bits per heavy atom. The van der Waals surface area contributed by atoms with E-state index in [1.165, 1.54) is 6.92 Å². The fourth-order valence-electron chi connectivity index (χ4n) is 1.75. The second-order valence-corrected chi connectivity index (χ2v) is 4.22. The van der Waals surface area contributed by atoms with Crippen molar-refractivity contribution in [2.45, 2.75) is 19.4 Å². The number of hydrogen-bond donors (Lipinski definition) is 1. The number of nitrogens with zero attached hydrogens (tertiary/aromatic N) is 2. The smallest absolute Gasteiger partial charge is 0.329 e. The molecule has 0 aromatic carbocycles. The minimum absolute atomic E-state index is 0.0774. The van der Waals surface area contributed by atoms with Crippen LogP contribution in [0.25, 0.3) is 0 Å². The van der Waals surface area contributed by atoms with Crippen LogP contribution in [0.2, 0.25) is 0 Å². The van der Waals surface area contributed by atoms with Gasteiger partial charge in [0.2, 0.25) is 17.5 Å². The predicted octanol–water partition coefficient (Wildman–Crippen LogP) is 0.881. The molecule has 1 rings (SSSR count). The lowest BCUT2D eigenvalue weighted by Crippen LogP contribution is -2.43. The number of carbonyl (C=O) groups is 2. The first kappa shape index (κ1) is 17.7. The Morgan fingerprint density at radius 1 is 1.23 bits per heavy atom. The summed E-state index contributed by atoms with van der Waals surface area (Å²) in [7, 11) is 0.963. The third-order valence-electron chi connectivity index (χ3n) is 2.75. The topological polar surface area (TPSA) is 85.5 Å². The van der Waals surface area contributed by atoms with Crippen molar-refractivity contribution >= 4 is 17.6 Å². The largest absolute Gasteiger partial charge is 0.464 e. The highest BCUT2D eigenvalue weighted by Crippen LogP contribution is 2.27. The maximum atomic E-state index is 13.7. The van der Waals surface area contributed by atoms with E-state index in [2.05, 4.69) is 9.72 Å². The van der Waals surface area contributed by atoms with E-state index in [0.29, 0.717) is 4.90 Å². The second-order valence-electron chi connectivity index (χ2n) is 4.22. The lowest BCUT2D eigenvalue weighted by Gasteiger charge is -2.28. The highest BCUT2D eigenvalue weighted by molar-refractivity contribution is 5.87. The van der Waals surface area contributed by atoms with Crippen molar-refractivity contribution in [2.24, 2.45) is 5.73 Å². The van der Waals surface area contributed by atoms with Crippen LogP contribution in [0, 0.1) is 23.5 Å². The first-order valence-corrected chi connectivity index (χ1v) is 6.08. The van der Waals surface area contributed by atoms with E-state index in [-0.39, 0.29) is 6.61 Å². The summed E-state index contributed by atoms with van der Waals surface area (Å²) in [5, 5.41) is 0. The molecule has 22 heavy (non-hydrogen) atoms. The number of nitrogens with two attached hydrogens (primary N) is 1. The van der Waals surface area contributed by atoms with Crippen LogP contribution in [0.5, 0.6) is 0 Å². The van der Waals surface area contributed by atoms with Gasteiger partial charge >= 0.3 is 5.97 Å². The Hall–Kier alpha value is -2.39. The third-order valence-corrected chi connectivity index (χ3v) is 2.75. The second kappa shape index (κ2) is 7.05. The molecule has 1 amide bonds. The van der Waals surface area contributed by atoms with E-state index in [1.54, 1.807) is 0 Å². The summed E-state index contributed by atoms with van der Waals surface area (Å²) in [5.74, 6) is -9.38. The van der Waals surface area contributed by atoms with E-state index in [0.717, 1.165) is 7.05 Å². The summed E-state index contributed by atoms with van der Waals surface area (Å²) < 4.78 is 58.3. The van der Waals surface area contributed by atoms with Crippen molar-refractivity contribution in [2.75, 3.05) is 18.6 Å². The molecule has 0 saturated heterocycles. The molecule has 1 aromatic rings. The minimum atomic E-state index is -1.89. The van der Waals surface area contributed by atoms with E-state index < -0.39 is 53.6 Å². The molecule has 0 radical (unpaired) electrons. The van der Waals surface area contributed by atoms with Crippen LogP contribution >= 0.6 is 0 Å². The molecular weight excluding hydrogens is 310 g/mol. The summed E-state index contributed by atoms with van der Waals surface area (Å²) in [6.07, 6.45) is -0.667. The summed E-state index contributed by atoms with van der Waals surface area (Å²) >= 11 is 0. The molecule has 0 aliphatic rings. The van der Waals surface area contributed by atoms with Crippen molar-refractivity contribution < 1.29 is 31.9 Å². The summed E-state index contributed by atoms with van der Waals surface area (Å²) in [6, 6.07) is -1.55. The number of pyridine rings is 1. The molecule has 2 N–H and O–H groups in total. The fraction of sp³-hybridized carbons (Fsp3) is 0.417. The fourth-order valence-corrected chi connectivity index (χ4v) is 1.75. The van der Waals surface area contributed by atoms with E-state index in [9.17, 15) is 27.2 Å². The Bertz CT molecular complexity index is 571. The van der Waals surface area contributed by atoms with Crippen molar-refractivity contribution in [3.8, 4) is 0 Å². The molecule has 0 aliphatic carbocycles. The number of rotatable bonds is 6. The predicted molar refractivity (Wildman–Crippen MR) is 66.7 cm³/mol. The number of halogens is 4. The van der Waals surface area contributed by atoms with Gasteiger partial charge in [0.1, 0.15) is 11.7 Å². The van der Waals surface area contributed by atoms with Gasteiger partial charge in [0, 0.05) is 7.05 Å². The molecule has 0 aliphatic heterocycles. The average Bonchev–Trinajstić information content (AvgIpc) is 2.42. The first-order chi connectivity index (χ1) is 10.2. The number of amides is 1. The van der Waals surface area contributed by atoms with Gasteiger partial charge in [-0.2, -0.15) is 22.5 Å². The van der Waals surface area contributed by atoms with Crippen LogP contribution in [0.3, 0.4) is 0 Å². The summed E-state index contributed by atoms with van der Waals surface area (Å²) in [4.78, 5) is 25.7. The molecule has 1 aromatic heterocycles. The maximum absolute atomic E-state index is 13.7. The van der Waals surface area contributed by atoms with Gasteiger partial charge in [0.25, 0.3) is 11.9 Å². The van der Waals surface area contributed by atoms with E-state index >= 15 is 0 Å². The van der Waals surface area contributed by atoms with Crippen LogP contribution < -0.4 is 10.6 Å². The summed E-state index contributed by atoms with van der Waals surface area (Å²) in [6.45, 7) is 1.39. The van der Waals surface area contributed by atoms with E-state index in [1.807, 2.05) is 0 Å². The monoisotopic (exact) mass is 323 g/mol. The van der Waals surface area contributed by atoms with Gasteiger partial charge in [-0.1, -0.05) is 0 Å². The van der Waals surface area contributed by atoms with Gasteiger partial charge in [-0.25, -0.2) is 4.79 Å². The SMILES string of the molecule is CCOC(=O)C(CC(N)=O)N(C)c1c(F)c(F)nc(F)c1F. The first-order valence-electron chi connectivity index (χ1n) is 6.08. The summed E-state index contributed by atoms with van der Waals surface area (Å²) in [5.41, 5.74) is 3.77. The van der Waals surface area contributed by atoms with Crippen molar-refractivity contribution in [3.05, 3.63) is 23.5 Å². The molecule has 0 fully saturated rings. The molecule has 0 bridgehead atoms. The maximum Gasteiger partial charge on any atom is 0.329 e. The van der Waals surface area contributed by atoms with Gasteiger partial charge < -0.3 is 15.4 Å². The lowest BCUT2D eigenvalue weighted by atomic mass is 10.1. The van der Waals surface area contributed by atoms with Crippen LogP contribution in [0.15, 0.2) is 0 Å². The number of hydrogen-bond acceptors (Lipinski definition) is 5. The lowest BCUT2D eigenvalue weighted by molar-refractivity contribution is -0.146. The van der Waals surface area contributed by atoms with Crippen LogP contribution in [0.4, 0.5) is 23.2 Å². The Kier molecular flexibility index (Phi) is 5.66. The van der Waals surface area contributed by atoms with Crippen molar-refractivity contribution in [1.82, 2.24) is 4.98 Å². The van der Waals surface area contributed by atoms with Gasteiger partial charge in [-0.15, -0.1) is 0 Å². The number of anilines is 1. The molecule has 0 saturated carbocycles. The Morgan fingerprint density at radius 3 is 2.14 bits per heavy atom. The molecule has 1 unspecified atom stereocenters. The minimum Gasteiger partial charge on any atom is -0.464 e. The zero-order chi connectivity index (χ0) is 17.0. The number of primary amides is 1. The average molecular weight is 323 g/mol. The molecule has 1 heterocycles. The van der Waals surface area contributed by atoms with Gasteiger partial charge in [0.15, 0.2) is 0 Å². The highest BCUT2D eigenvalue weighted by atomic mass is 19.2. The number of ether oxygens (including phenoxy) is 1. The van der Waals surface area contributed by atoms with Crippen molar-refractivity contribution in [3.63, 3.8) is 0 Å². The molecule has 10 heteroatoms. The van der Waals surface area contributed by atoms with Crippen LogP contribution in [0.1, 0.15) is 13.3 Å². The number of aromatic nitrogens is 1. The molecular formula is C12H13F4N3O3. The van der Waals surface area contributed by atoms with Crippen LogP contribution in [-0.4, -0.2) is 36.6 Å². The normalized spacial score (nSPS) is 11.9. The molecule has 122 valence electrons. The quantitative estimate of drug-likeness (QED) is 0.477. The molecule has 1 atom stereocenters. The Balaban J connectivity index is 3.32. The Labute approximate surface area is 122 Å². The van der Waals surface area contributed by atoms with Gasteiger partial charge in [0.05, 0.1) is 13.0 Å². The van der Waals surface area contributed by atoms with E-state index in [4.69, 9.17) is 5.73 Å². The highest BCUT2D eigenvalue weighted by Gasteiger charge is 2.33. The zero-order valence-electron chi connectivity index (χ0n) is 11.7. The number of esters is 1. The zero-order valence-corrected chi connectivity index (χ0v) is 11.7. The van der Waals surface area contributed by atoms with Gasteiger partial charge in [-0.05, 0) is 6.92 Å². The van der Waals surface area contributed by atoms with Crippen molar-refractivity contribution in [1.29, 1.82) is 0 Å². The van der Waals surface area contributed by atoms with Crippen LogP contribution in [-0.2, 0) is 14.3 Å².